The Labute approximate surface area is 107 Å². The molecule has 0 N–H and O–H groups in total. The van der Waals surface area contributed by atoms with Gasteiger partial charge in [0, 0.05) is 20.4 Å². The fourth-order valence-electron chi connectivity index (χ4n) is 0.847. The Kier molecular flexibility index (Phi) is 4.13. The van der Waals surface area contributed by atoms with Gasteiger partial charge in [-0.1, -0.05) is 11.6 Å². The van der Waals surface area contributed by atoms with Crippen molar-refractivity contribution >= 4 is 53.9 Å². The molecular weight excluding hydrogens is 386 g/mol. The van der Waals surface area contributed by atoms with Gasteiger partial charge in [0.2, 0.25) is 0 Å². The second kappa shape index (κ2) is 4.64. The number of aromatic nitrogens is 1. The maximum absolute atomic E-state index is 12.6. The molecule has 1 aromatic heterocycles. The third-order valence-electron chi connectivity index (χ3n) is 1.42. The number of alkyl halides is 2. The van der Waals surface area contributed by atoms with Gasteiger partial charge in [-0.15, -0.1) is 0 Å². The standard InChI is InChI=1S/C6H2Cl2F2INO2S/c7-2-1-12-6(15(8,13)14)3(4(2)11)5(9)10/h1,5H. The summed E-state index contributed by atoms with van der Waals surface area (Å²) in [7, 11) is 0.662. The molecule has 0 unspecified atom stereocenters. The van der Waals surface area contributed by atoms with Gasteiger partial charge in [0.25, 0.3) is 15.5 Å². The Morgan fingerprint density at radius 1 is 1.47 bits per heavy atom. The number of pyridine rings is 1. The van der Waals surface area contributed by atoms with Gasteiger partial charge in [-0.25, -0.2) is 22.2 Å². The quantitative estimate of drug-likeness (QED) is 0.578. The van der Waals surface area contributed by atoms with E-state index in [2.05, 4.69) is 4.98 Å². The topological polar surface area (TPSA) is 47.0 Å². The van der Waals surface area contributed by atoms with Gasteiger partial charge in [0.1, 0.15) is 0 Å². The van der Waals surface area contributed by atoms with Crippen LogP contribution in [0.1, 0.15) is 12.0 Å². The first-order valence-electron chi connectivity index (χ1n) is 3.32. The number of halogens is 5. The van der Waals surface area contributed by atoms with E-state index in [1.165, 1.54) is 22.6 Å². The summed E-state index contributed by atoms with van der Waals surface area (Å²) in [6.07, 6.45) is -2.04. The molecule has 0 aliphatic rings. The van der Waals surface area contributed by atoms with Crippen molar-refractivity contribution < 1.29 is 17.2 Å². The van der Waals surface area contributed by atoms with E-state index in [-0.39, 0.29) is 8.59 Å². The zero-order valence-corrected chi connectivity index (χ0v) is 11.2. The minimum absolute atomic E-state index is 0.0463. The smallest absolute Gasteiger partial charge is 0.241 e. The van der Waals surface area contributed by atoms with E-state index in [1.807, 2.05) is 0 Å². The second-order valence-corrected chi connectivity index (χ2v) is 6.34. The maximum atomic E-state index is 12.6. The average molecular weight is 388 g/mol. The average Bonchev–Trinajstić information content (AvgIpc) is 2.06. The highest BCUT2D eigenvalue weighted by Gasteiger charge is 2.27. The Morgan fingerprint density at radius 2 is 2.00 bits per heavy atom. The van der Waals surface area contributed by atoms with Gasteiger partial charge in [0.05, 0.1) is 10.6 Å². The van der Waals surface area contributed by atoms with Crippen LogP contribution in [0.5, 0.6) is 0 Å². The number of rotatable bonds is 2. The number of hydrogen-bond donors (Lipinski definition) is 0. The highest BCUT2D eigenvalue weighted by atomic mass is 127. The lowest BCUT2D eigenvalue weighted by Gasteiger charge is -2.08. The normalized spacial score (nSPS) is 12.1. The molecular formula is C6H2Cl2F2INO2S. The molecule has 0 spiro atoms. The minimum Gasteiger partial charge on any atom is -0.241 e. The van der Waals surface area contributed by atoms with Crippen LogP contribution in [-0.2, 0) is 9.05 Å². The fraction of sp³-hybridized carbons (Fsp3) is 0.167. The van der Waals surface area contributed by atoms with E-state index in [1.54, 1.807) is 0 Å². The molecule has 0 saturated carbocycles. The molecule has 0 aromatic carbocycles. The molecule has 1 rings (SSSR count). The van der Waals surface area contributed by atoms with Crippen molar-refractivity contribution in [2.45, 2.75) is 11.5 Å². The first-order chi connectivity index (χ1) is 6.75. The lowest BCUT2D eigenvalue weighted by atomic mass is 10.3. The molecule has 3 nitrogen and oxygen atoms in total. The zero-order chi connectivity index (χ0) is 11.8. The molecule has 0 atom stereocenters. The van der Waals surface area contributed by atoms with Gasteiger partial charge < -0.3 is 0 Å². The molecule has 15 heavy (non-hydrogen) atoms. The Hall–Kier alpha value is 0.270. The van der Waals surface area contributed by atoms with Crippen LogP contribution < -0.4 is 0 Å². The summed E-state index contributed by atoms with van der Waals surface area (Å²) < 4.78 is 47.0. The van der Waals surface area contributed by atoms with E-state index in [4.69, 9.17) is 22.3 Å². The number of hydrogen-bond acceptors (Lipinski definition) is 3. The van der Waals surface area contributed by atoms with Crippen LogP contribution in [0.25, 0.3) is 0 Å². The lowest BCUT2D eigenvalue weighted by Crippen LogP contribution is -2.05. The molecule has 84 valence electrons. The van der Waals surface area contributed by atoms with E-state index in [0.717, 1.165) is 6.20 Å². The Bertz CT molecular complexity index is 494. The van der Waals surface area contributed by atoms with Crippen LogP contribution in [0.4, 0.5) is 8.78 Å². The highest BCUT2D eigenvalue weighted by molar-refractivity contribution is 14.1. The molecule has 0 aliphatic carbocycles. The second-order valence-electron chi connectivity index (χ2n) is 2.38. The molecule has 0 fully saturated rings. The Morgan fingerprint density at radius 3 is 2.40 bits per heavy atom. The SMILES string of the molecule is O=S(=O)(Cl)c1ncc(Cl)c(I)c1C(F)F. The van der Waals surface area contributed by atoms with Gasteiger partial charge >= 0.3 is 0 Å². The predicted molar refractivity (Wildman–Crippen MR) is 60.0 cm³/mol. The van der Waals surface area contributed by atoms with E-state index < -0.39 is 26.1 Å². The maximum Gasteiger partial charge on any atom is 0.279 e. The van der Waals surface area contributed by atoms with Crippen molar-refractivity contribution in [3.05, 3.63) is 20.4 Å². The molecule has 0 bridgehead atoms. The van der Waals surface area contributed by atoms with Crippen LogP contribution in [0.2, 0.25) is 5.02 Å². The molecule has 9 heteroatoms. The van der Waals surface area contributed by atoms with Crippen molar-refractivity contribution in [3.63, 3.8) is 0 Å². The third kappa shape index (κ3) is 2.89. The monoisotopic (exact) mass is 387 g/mol. The minimum atomic E-state index is -4.30. The van der Waals surface area contributed by atoms with Gasteiger partial charge in [-0.3, -0.25) is 0 Å². The molecule has 0 aliphatic heterocycles. The van der Waals surface area contributed by atoms with E-state index in [9.17, 15) is 17.2 Å². The van der Waals surface area contributed by atoms with Gasteiger partial charge in [-0.05, 0) is 22.6 Å². The first-order valence-corrected chi connectivity index (χ1v) is 7.08. The predicted octanol–water partition coefficient (Wildman–Crippen LogP) is 3.20. The van der Waals surface area contributed by atoms with Crippen molar-refractivity contribution in [2.24, 2.45) is 0 Å². The molecule has 0 saturated heterocycles. The van der Waals surface area contributed by atoms with Crippen LogP contribution in [0.3, 0.4) is 0 Å². The molecule has 1 aromatic rings. The van der Waals surface area contributed by atoms with Crippen LogP contribution in [-0.4, -0.2) is 13.4 Å². The summed E-state index contributed by atoms with van der Waals surface area (Å²) in [6.45, 7) is 0. The number of nitrogens with zero attached hydrogens (tertiary/aromatic N) is 1. The molecule has 1 heterocycles. The summed E-state index contributed by atoms with van der Waals surface area (Å²) >= 11 is 7.05. The summed E-state index contributed by atoms with van der Waals surface area (Å²) in [5, 5.41) is -0.900. The lowest BCUT2D eigenvalue weighted by molar-refractivity contribution is 0.146. The molecule has 0 radical (unpaired) electrons. The summed E-state index contributed by atoms with van der Waals surface area (Å²) in [5.74, 6) is 0. The summed E-state index contributed by atoms with van der Waals surface area (Å²) in [6, 6.07) is 0. The van der Waals surface area contributed by atoms with Crippen LogP contribution in [0.15, 0.2) is 11.2 Å². The summed E-state index contributed by atoms with van der Waals surface area (Å²) in [4.78, 5) is 3.29. The largest absolute Gasteiger partial charge is 0.279 e. The van der Waals surface area contributed by atoms with Crippen LogP contribution >= 0.6 is 44.9 Å². The van der Waals surface area contributed by atoms with Crippen molar-refractivity contribution in [1.29, 1.82) is 0 Å². The van der Waals surface area contributed by atoms with E-state index >= 15 is 0 Å². The molecule has 0 amide bonds. The third-order valence-corrected chi connectivity index (χ3v) is 4.41. The highest BCUT2D eigenvalue weighted by Crippen LogP contribution is 2.34. The first kappa shape index (κ1) is 13.3. The Balaban J connectivity index is 3.62. The zero-order valence-electron chi connectivity index (χ0n) is 6.72. The van der Waals surface area contributed by atoms with Crippen molar-refractivity contribution in [1.82, 2.24) is 4.98 Å². The van der Waals surface area contributed by atoms with Crippen LogP contribution in [0, 0.1) is 3.57 Å². The van der Waals surface area contributed by atoms with Gasteiger partial charge in [0.15, 0.2) is 5.03 Å². The summed E-state index contributed by atoms with van der Waals surface area (Å²) in [5.41, 5.74) is -0.766. The fourth-order valence-corrected chi connectivity index (χ4v) is 2.81. The van der Waals surface area contributed by atoms with Gasteiger partial charge in [-0.2, -0.15) is 0 Å². The van der Waals surface area contributed by atoms with Crippen molar-refractivity contribution in [2.75, 3.05) is 0 Å². The van der Waals surface area contributed by atoms with E-state index in [0.29, 0.717) is 0 Å². The van der Waals surface area contributed by atoms with Crippen molar-refractivity contribution in [3.8, 4) is 0 Å².